The number of aromatic hydroxyl groups is 2. The van der Waals surface area contributed by atoms with E-state index in [-0.39, 0.29) is 17.1 Å². The van der Waals surface area contributed by atoms with Crippen molar-refractivity contribution in [3.63, 3.8) is 0 Å². The Kier molecular flexibility index (Phi) is 1.70. The zero-order chi connectivity index (χ0) is 10.3. The first-order valence-corrected chi connectivity index (χ1v) is 4.05. The Balaban J connectivity index is 2.98. The topological polar surface area (TPSA) is 70.7 Å². The second-order valence-corrected chi connectivity index (χ2v) is 3.04. The van der Waals surface area contributed by atoms with Gasteiger partial charge in [0.1, 0.15) is 11.3 Å². The molecule has 1 heterocycles. The summed E-state index contributed by atoms with van der Waals surface area (Å²) < 4.78 is 4.79. The molecule has 0 radical (unpaired) electrons. The second-order valence-electron chi connectivity index (χ2n) is 3.04. The molecule has 2 N–H and O–H groups in total. The molecule has 0 saturated carbocycles. The molecule has 4 nitrogen and oxygen atoms in total. The standard InChI is InChI=1S/C10H8O4/c1-5-7-3-2-6(11)4-8(7)14-10(13)9(5)12/h2-4,11-12H,1H3. The number of hydrogen-bond donors (Lipinski definition) is 2. The van der Waals surface area contributed by atoms with Crippen molar-refractivity contribution in [1.82, 2.24) is 0 Å². The lowest BCUT2D eigenvalue weighted by Gasteiger charge is -2.02. The van der Waals surface area contributed by atoms with E-state index in [0.717, 1.165) is 0 Å². The first-order valence-electron chi connectivity index (χ1n) is 4.05. The molecule has 0 saturated heterocycles. The first kappa shape index (κ1) is 8.62. The number of hydrogen-bond acceptors (Lipinski definition) is 4. The monoisotopic (exact) mass is 192 g/mol. The lowest BCUT2D eigenvalue weighted by atomic mass is 10.1. The van der Waals surface area contributed by atoms with Gasteiger partial charge in [0, 0.05) is 17.0 Å². The van der Waals surface area contributed by atoms with E-state index in [2.05, 4.69) is 0 Å². The van der Waals surface area contributed by atoms with Crippen LogP contribution in [0.25, 0.3) is 11.0 Å². The molecule has 0 fully saturated rings. The van der Waals surface area contributed by atoms with Gasteiger partial charge in [0.2, 0.25) is 5.75 Å². The van der Waals surface area contributed by atoms with Gasteiger partial charge in [0.15, 0.2) is 0 Å². The maximum absolute atomic E-state index is 11.1. The molecule has 0 unspecified atom stereocenters. The van der Waals surface area contributed by atoms with Crippen LogP contribution in [0.1, 0.15) is 5.56 Å². The predicted molar refractivity (Wildman–Crippen MR) is 50.6 cm³/mol. The van der Waals surface area contributed by atoms with Crippen molar-refractivity contribution < 1.29 is 14.6 Å². The van der Waals surface area contributed by atoms with E-state index in [1.54, 1.807) is 13.0 Å². The van der Waals surface area contributed by atoms with Crippen molar-refractivity contribution >= 4 is 11.0 Å². The summed E-state index contributed by atoms with van der Waals surface area (Å²) in [6, 6.07) is 4.39. The van der Waals surface area contributed by atoms with Crippen molar-refractivity contribution in [3.05, 3.63) is 34.2 Å². The highest BCUT2D eigenvalue weighted by atomic mass is 16.4. The van der Waals surface area contributed by atoms with Crippen LogP contribution < -0.4 is 5.63 Å². The first-order chi connectivity index (χ1) is 6.59. The van der Waals surface area contributed by atoms with E-state index in [1.807, 2.05) is 0 Å². The molecular formula is C10H8O4. The fourth-order valence-electron chi connectivity index (χ4n) is 1.33. The zero-order valence-corrected chi connectivity index (χ0v) is 7.44. The normalized spacial score (nSPS) is 10.6. The summed E-state index contributed by atoms with van der Waals surface area (Å²) in [5.74, 6) is -0.367. The summed E-state index contributed by atoms with van der Waals surface area (Å²) in [4.78, 5) is 11.1. The Bertz CT molecular complexity index is 554. The summed E-state index contributed by atoms with van der Waals surface area (Å²) in [6.07, 6.45) is 0. The lowest BCUT2D eigenvalue weighted by molar-refractivity contribution is 0.423. The summed E-state index contributed by atoms with van der Waals surface area (Å²) in [5.41, 5.74) is -0.0675. The van der Waals surface area contributed by atoms with Gasteiger partial charge in [-0.1, -0.05) is 0 Å². The van der Waals surface area contributed by atoms with Crippen molar-refractivity contribution in [3.8, 4) is 11.5 Å². The third-order valence-corrected chi connectivity index (χ3v) is 2.12. The largest absolute Gasteiger partial charge is 0.508 e. The van der Waals surface area contributed by atoms with Crippen LogP contribution in [-0.4, -0.2) is 10.2 Å². The van der Waals surface area contributed by atoms with E-state index in [9.17, 15) is 9.90 Å². The molecule has 0 amide bonds. The minimum atomic E-state index is -0.791. The van der Waals surface area contributed by atoms with Gasteiger partial charge in [-0.3, -0.25) is 0 Å². The number of rotatable bonds is 0. The van der Waals surface area contributed by atoms with Crippen LogP contribution in [0, 0.1) is 6.92 Å². The zero-order valence-electron chi connectivity index (χ0n) is 7.44. The van der Waals surface area contributed by atoms with Gasteiger partial charge in [-0.15, -0.1) is 0 Å². The molecule has 0 aliphatic rings. The minimum absolute atomic E-state index is 0.0192. The molecule has 0 aliphatic carbocycles. The molecule has 1 aromatic carbocycles. The highest BCUT2D eigenvalue weighted by Crippen LogP contribution is 2.25. The predicted octanol–water partition coefficient (Wildman–Crippen LogP) is 1.51. The number of phenolic OH excluding ortho intramolecular Hbond substituents is 1. The second kappa shape index (κ2) is 2.77. The van der Waals surface area contributed by atoms with Gasteiger partial charge in [0.05, 0.1) is 0 Å². The Morgan fingerprint density at radius 2 is 2.00 bits per heavy atom. The Morgan fingerprint density at radius 1 is 1.29 bits per heavy atom. The number of fused-ring (bicyclic) bond motifs is 1. The van der Waals surface area contributed by atoms with Crippen molar-refractivity contribution in [2.75, 3.05) is 0 Å². The lowest BCUT2D eigenvalue weighted by Crippen LogP contribution is -2.00. The van der Waals surface area contributed by atoms with Crippen LogP contribution in [0.2, 0.25) is 0 Å². The van der Waals surface area contributed by atoms with Crippen molar-refractivity contribution in [2.45, 2.75) is 6.92 Å². The van der Waals surface area contributed by atoms with Crippen LogP contribution in [0.5, 0.6) is 11.5 Å². The van der Waals surface area contributed by atoms with E-state index in [0.29, 0.717) is 10.9 Å². The molecule has 2 rings (SSSR count). The molecule has 0 atom stereocenters. The van der Waals surface area contributed by atoms with Gasteiger partial charge in [-0.05, 0) is 19.1 Å². The minimum Gasteiger partial charge on any atom is -0.508 e. The molecule has 0 bridgehead atoms. The molecule has 72 valence electrons. The molecule has 1 aromatic heterocycles. The van der Waals surface area contributed by atoms with Crippen molar-refractivity contribution in [1.29, 1.82) is 0 Å². The molecular weight excluding hydrogens is 184 g/mol. The van der Waals surface area contributed by atoms with Gasteiger partial charge in [-0.2, -0.15) is 0 Å². The fraction of sp³-hybridized carbons (Fsp3) is 0.100. The fourth-order valence-corrected chi connectivity index (χ4v) is 1.33. The van der Waals surface area contributed by atoms with Gasteiger partial charge in [-0.25, -0.2) is 4.79 Å². The molecule has 14 heavy (non-hydrogen) atoms. The van der Waals surface area contributed by atoms with E-state index in [1.165, 1.54) is 12.1 Å². The third-order valence-electron chi connectivity index (χ3n) is 2.12. The van der Waals surface area contributed by atoms with E-state index in [4.69, 9.17) is 9.52 Å². The highest BCUT2D eigenvalue weighted by Gasteiger charge is 2.09. The van der Waals surface area contributed by atoms with Crippen molar-refractivity contribution in [2.24, 2.45) is 0 Å². The number of phenols is 1. The number of benzene rings is 1. The quantitative estimate of drug-likeness (QED) is 0.620. The van der Waals surface area contributed by atoms with Gasteiger partial charge < -0.3 is 14.6 Å². The molecule has 0 aliphatic heterocycles. The summed E-state index contributed by atoms with van der Waals surface area (Å²) in [6.45, 7) is 1.62. The average Bonchev–Trinajstić information content (AvgIpc) is 2.14. The molecule has 4 heteroatoms. The molecule has 2 aromatic rings. The molecule has 0 spiro atoms. The Labute approximate surface area is 79.0 Å². The van der Waals surface area contributed by atoms with Crippen LogP contribution in [0.3, 0.4) is 0 Å². The summed E-state index contributed by atoms with van der Waals surface area (Å²) in [7, 11) is 0. The van der Waals surface area contributed by atoms with E-state index >= 15 is 0 Å². The van der Waals surface area contributed by atoms with E-state index < -0.39 is 5.63 Å². The Morgan fingerprint density at radius 3 is 2.71 bits per heavy atom. The number of aryl methyl sites for hydroxylation is 1. The summed E-state index contributed by atoms with van der Waals surface area (Å²) >= 11 is 0. The van der Waals surface area contributed by atoms with Crippen LogP contribution in [0.15, 0.2) is 27.4 Å². The summed E-state index contributed by atoms with van der Waals surface area (Å²) in [5, 5.41) is 19.1. The third kappa shape index (κ3) is 1.12. The SMILES string of the molecule is Cc1c(O)c(=O)oc2cc(O)ccc12. The van der Waals surface area contributed by atoms with Gasteiger partial charge in [0.25, 0.3) is 0 Å². The maximum atomic E-state index is 11.1. The maximum Gasteiger partial charge on any atom is 0.379 e. The smallest absolute Gasteiger partial charge is 0.379 e. The average molecular weight is 192 g/mol. The van der Waals surface area contributed by atoms with Gasteiger partial charge >= 0.3 is 5.63 Å². The highest BCUT2D eigenvalue weighted by molar-refractivity contribution is 5.82. The van der Waals surface area contributed by atoms with Crippen LogP contribution in [-0.2, 0) is 0 Å². The Hall–Kier alpha value is -1.97. The van der Waals surface area contributed by atoms with Crippen LogP contribution in [0.4, 0.5) is 0 Å². The van der Waals surface area contributed by atoms with Crippen LogP contribution >= 0.6 is 0 Å².